The van der Waals surface area contributed by atoms with Gasteiger partial charge in [-0.2, -0.15) is 5.10 Å². The van der Waals surface area contributed by atoms with Gasteiger partial charge in [0.1, 0.15) is 18.2 Å². The maximum absolute atomic E-state index is 5.97. The molecule has 2 heterocycles. The zero-order valence-corrected chi connectivity index (χ0v) is 12.9. The highest BCUT2D eigenvalue weighted by Gasteiger charge is 2.24. The maximum atomic E-state index is 5.97. The molecule has 7 nitrogen and oxygen atoms in total. The van der Waals surface area contributed by atoms with Crippen molar-refractivity contribution in [2.24, 2.45) is 0 Å². The van der Waals surface area contributed by atoms with Crippen LogP contribution in [0.1, 0.15) is 39.3 Å². The second-order valence-corrected chi connectivity index (χ2v) is 5.37. The van der Waals surface area contributed by atoms with E-state index < -0.39 is 0 Å². The molecule has 0 saturated heterocycles. The number of ether oxygens (including phenoxy) is 2. The quantitative estimate of drug-likeness (QED) is 0.881. The summed E-state index contributed by atoms with van der Waals surface area (Å²) in [6.07, 6.45) is 8.45. The van der Waals surface area contributed by atoms with E-state index in [1.54, 1.807) is 10.9 Å². The van der Waals surface area contributed by atoms with Crippen molar-refractivity contribution in [1.82, 2.24) is 19.7 Å². The summed E-state index contributed by atoms with van der Waals surface area (Å²) < 4.78 is 13.3. The van der Waals surface area contributed by atoms with Gasteiger partial charge in [-0.25, -0.2) is 14.6 Å². The average molecular weight is 303 g/mol. The lowest BCUT2D eigenvalue weighted by Crippen LogP contribution is -2.25. The fourth-order valence-electron chi connectivity index (χ4n) is 2.34. The van der Waals surface area contributed by atoms with E-state index in [1.165, 1.54) is 12.7 Å². The summed E-state index contributed by atoms with van der Waals surface area (Å²) in [6.45, 7) is 4.53. The van der Waals surface area contributed by atoms with Crippen LogP contribution in [0, 0.1) is 0 Å². The first-order valence-electron chi connectivity index (χ1n) is 7.62. The Morgan fingerprint density at radius 2 is 2.23 bits per heavy atom. The number of nitrogen functional groups attached to an aromatic ring is 1. The van der Waals surface area contributed by atoms with Crippen molar-refractivity contribution in [2.45, 2.75) is 45.4 Å². The van der Waals surface area contributed by atoms with Crippen LogP contribution in [0.2, 0.25) is 0 Å². The van der Waals surface area contributed by atoms with Gasteiger partial charge in [-0.05, 0) is 33.1 Å². The fraction of sp³-hybridized carbons (Fsp3) is 0.533. The topological polar surface area (TPSA) is 88.1 Å². The van der Waals surface area contributed by atoms with E-state index in [4.69, 9.17) is 15.2 Å². The minimum absolute atomic E-state index is 0.131. The molecule has 7 heteroatoms. The maximum Gasteiger partial charge on any atom is 0.188 e. The van der Waals surface area contributed by atoms with Gasteiger partial charge in [0.25, 0.3) is 0 Å². The largest absolute Gasteiger partial charge is 0.484 e. The second-order valence-electron chi connectivity index (χ2n) is 5.37. The number of rotatable bonds is 6. The fourth-order valence-corrected chi connectivity index (χ4v) is 2.34. The molecule has 22 heavy (non-hydrogen) atoms. The second kappa shape index (κ2) is 6.31. The van der Waals surface area contributed by atoms with E-state index in [1.807, 2.05) is 20.0 Å². The molecule has 0 aromatic carbocycles. The highest BCUT2D eigenvalue weighted by atomic mass is 16.5. The Balaban J connectivity index is 1.89. The lowest BCUT2D eigenvalue weighted by Gasteiger charge is -2.27. The molecule has 1 fully saturated rings. The van der Waals surface area contributed by atoms with Crippen molar-refractivity contribution in [3.8, 4) is 17.0 Å². The number of nitrogens with two attached hydrogens (primary N) is 1. The molecule has 0 amide bonds. The van der Waals surface area contributed by atoms with Crippen molar-refractivity contribution >= 4 is 5.82 Å². The van der Waals surface area contributed by atoms with Gasteiger partial charge >= 0.3 is 0 Å². The minimum atomic E-state index is -0.131. The van der Waals surface area contributed by atoms with Gasteiger partial charge in [0.15, 0.2) is 11.6 Å². The van der Waals surface area contributed by atoms with E-state index >= 15 is 0 Å². The van der Waals surface area contributed by atoms with Crippen LogP contribution >= 0.6 is 0 Å². The Kier molecular flexibility index (Phi) is 4.24. The first kappa shape index (κ1) is 14.8. The van der Waals surface area contributed by atoms with Crippen LogP contribution in [-0.2, 0) is 4.74 Å². The van der Waals surface area contributed by atoms with E-state index in [0.717, 1.165) is 18.4 Å². The summed E-state index contributed by atoms with van der Waals surface area (Å²) in [5.41, 5.74) is 7.49. The zero-order chi connectivity index (χ0) is 15.5. The molecule has 0 aliphatic heterocycles. The van der Waals surface area contributed by atoms with Crippen LogP contribution < -0.4 is 10.5 Å². The third kappa shape index (κ3) is 2.89. The summed E-state index contributed by atoms with van der Waals surface area (Å²) in [7, 11) is 0. The van der Waals surface area contributed by atoms with Crippen molar-refractivity contribution < 1.29 is 9.47 Å². The highest BCUT2D eigenvalue weighted by molar-refractivity contribution is 5.70. The Hall–Kier alpha value is -2.15. The molecule has 2 aromatic heterocycles. The molecule has 1 unspecified atom stereocenters. The SMILES string of the molecule is CCOC(C)n1cc(-c2ncnc(N)c2OC2CCC2)cn1. The minimum Gasteiger partial charge on any atom is -0.484 e. The highest BCUT2D eigenvalue weighted by Crippen LogP contribution is 2.35. The Morgan fingerprint density at radius 3 is 2.91 bits per heavy atom. The summed E-state index contributed by atoms with van der Waals surface area (Å²) in [4.78, 5) is 8.37. The van der Waals surface area contributed by atoms with Gasteiger partial charge in [-0.3, -0.25) is 0 Å². The van der Waals surface area contributed by atoms with Crippen LogP contribution in [0.4, 0.5) is 5.82 Å². The van der Waals surface area contributed by atoms with Crippen LogP contribution in [0.5, 0.6) is 5.75 Å². The molecule has 2 N–H and O–H groups in total. The molecular formula is C15H21N5O2. The zero-order valence-electron chi connectivity index (χ0n) is 12.9. The van der Waals surface area contributed by atoms with Gasteiger partial charge in [0, 0.05) is 18.4 Å². The van der Waals surface area contributed by atoms with Crippen molar-refractivity contribution in [1.29, 1.82) is 0 Å². The molecule has 1 saturated carbocycles. The van der Waals surface area contributed by atoms with Crippen LogP contribution in [0.15, 0.2) is 18.7 Å². The third-order valence-electron chi connectivity index (χ3n) is 3.82. The van der Waals surface area contributed by atoms with E-state index in [9.17, 15) is 0 Å². The molecule has 118 valence electrons. The van der Waals surface area contributed by atoms with Gasteiger partial charge in [-0.15, -0.1) is 0 Å². The van der Waals surface area contributed by atoms with Gasteiger partial charge in [-0.1, -0.05) is 0 Å². The molecule has 0 radical (unpaired) electrons. The number of anilines is 1. The van der Waals surface area contributed by atoms with E-state index in [0.29, 0.717) is 23.9 Å². The summed E-state index contributed by atoms with van der Waals surface area (Å²) in [6, 6.07) is 0. The van der Waals surface area contributed by atoms with Crippen molar-refractivity contribution in [2.75, 3.05) is 12.3 Å². The molecule has 1 atom stereocenters. The van der Waals surface area contributed by atoms with Crippen molar-refractivity contribution in [3.63, 3.8) is 0 Å². The van der Waals surface area contributed by atoms with Crippen LogP contribution in [0.25, 0.3) is 11.3 Å². The predicted octanol–water partition coefficient (Wildman–Crippen LogP) is 2.41. The van der Waals surface area contributed by atoms with Gasteiger partial charge in [0.05, 0.1) is 12.3 Å². The van der Waals surface area contributed by atoms with Crippen molar-refractivity contribution in [3.05, 3.63) is 18.7 Å². The normalized spacial score (nSPS) is 16.3. The van der Waals surface area contributed by atoms with Crippen LogP contribution in [0.3, 0.4) is 0 Å². The Morgan fingerprint density at radius 1 is 1.41 bits per heavy atom. The van der Waals surface area contributed by atoms with E-state index in [-0.39, 0.29) is 12.3 Å². The van der Waals surface area contributed by atoms with Gasteiger partial charge < -0.3 is 15.2 Å². The first-order valence-corrected chi connectivity index (χ1v) is 7.62. The number of nitrogens with zero attached hydrogens (tertiary/aromatic N) is 4. The number of hydrogen-bond acceptors (Lipinski definition) is 6. The van der Waals surface area contributed by atoms with Gasteiger partial charge in [0.2, 0.25) is 0 Å². The standard InChI is InChI=1S/C15H21N5O2/c1-3-21-10(2)20-8-11(7-19-20)13-14(15(16)18-9-17-13)22-12-5-4-6-12/h7-10,12H,3-6H2,1-2H3,(H2,16,17,18). The number of hydrogen-bond donors (Lipinski definition) is 1. The summed E-state index contributed by atoms with van der Waals surface area (Å²) in [5.74, 6) is 0.915. The lowest BCUT2D eigenvalue weighted by atomic mass is 9.96. The monoisotopic (exact) mass is 303 g/mol. The predicted molar refractivity (Wildman–Crippen MR) is 82.3 cm³/mol. The van der Waals surface area contributed by atoms with Crippen LogP contribution in [-0.4, -0.2) is 32.5 Å². The summed E-state index contributed by atoms with van der Waals surface area (Å²) >= 11 is 0. The third-order valence-corrected chi connectivity index (χ3v) is 3.82. The molecule has 1 aliphatic rings. The smallest absolute Gasteiger partial charge is 0.188 e. The molecule has 2 aromatic rings. The average Bonchev–Trinajstić information content (AvgIpc) is 2.94. The summed E-state index contributed by atoms with van der Waals surface area (Å²) in [5, 5.41) is 4.33. The molecule has 0 spiro atoms. The molecule has 1 aliphatic carbocycles. The molecule has 3 rings (SSSR count). The van der Waals surface area contributed by atoms with E-state index in [2.05, 4.69) is 15.1 Å². The molecular weight excluding hydrogens is 282 g/mol. The lowest BCUT2D eigenvalue weighted by molar-refractivity contribution is 0.0160. The number of aromatic nitrogens is 4. The first-order chi connectivity index (χ1) is 10.7. The molecule has 0 bridgehead atoms. The Bertz CT molecular complexity index is 639. The Labute approximate surface area is 129 Å².